The van der Waals surface area contributed by atoms with Crippen LogP contribution in [0.3, 0.4) is 0 Å². The fraction of sp³-hybridized carbons (Fsp3) is 0.444. The van der Waals surface area contributed by atoms with Gasteiger partial charge in [-0.2, -0.15) is 0 Å². The maximum absolute atomic E-state index is 11.9. The first kappa shape index (κ1) is 20.4. The molecule has 5 N–H and O–H groups in total. The number of amides is 4. The Morgan fingerprint density at radius 3 is 2.63 bits per heavy atom. The molecule has 0 spiro atoms. The molecule has 1 saturated heterocycles. The van der Waals surface area contributed by atoms with Crippen molar-refractivity contribution in [2.45, 2.75) is 44.4 Å². The number of carbonyl (C=O) groups is 4. The van der Waals surface area contributed by atoms with E-state index in [9.17, 15) is 19.2 Å². The van der Waals surface area contributed by atoms with Crippen molar-refractivity contribution < 1.29 is 23.9 Å². The van der Waals surface area contributed by atoms with Crippen LogP contribution in [0.5, 0.6) is 0 Å². The summed E-state index contributed by atoms with van der Waals surface area (Å²) in [5.41, 5.74) is 6.69. The van der Waals surface area contributed by atoms with Crippen LogP contribution in [0.2, 0.25) is 0 Å². The van der Waals surface area contributed by atoms with Gasteiger partial charge in [-0.05, 0) is 24.8 Å². The predicted molar refractivity (Wildman–Crippen MR) is 96.2 cm³/mol. The van der Waals surface area contributed by atoms with E-state index < -0.39 is 35.9 Å². The van der Waals surface area contributed by atoms with E-state index in [1.54, 1.807) is 0 Å². The molecule has 9 heteroatoms. The Bertz CT molecular complexity index is 680. The summed E-state index contributed by atoms with van der Waals surface area (Å²) in [4.78, 5) is 46.0. The minimum Gasteiger partial charge on any atom is -0.445 e. The van der Waals surface area contributed by atoms with Gasteiger partial charge in [0.05, 0.1) is 12.5 Å². The van der Waals surface area contributed by atoms with E-state index in [0.717, 1.165) is 5.56 Å². The second kappa shape index (κ2) is 10.3. The van der Waals surface area contributed by atoms with E-state index in [0.29, 0.717) is 25.8 Å². The van der Waals surface area contributed by atoms with E-state index in [-0.39, 0.29) is 13.0 Å². The summed E-state index contributed by atoms with van der Waals surface area (Å²) in [6.45, 7) is 0.608. The molecule has 1 aromatic rings. The number of benzene rings is 1. The Hall–Kier alpha value is -2.94. The molecule has 9 nitrogen and oxygen atoms in total. The van der Waals surface area contributed by atoms with Crippen molar-refractivity contribution in [1.82, 2.24) is 16.0 Å². The van der Waals surface area contributed by atoms with Crippen LogP contribution >= 0.6 is 0 Å². The largest absolute Gasteiger partial charge is 0.445 e. The highest BCUT2D eigenvalue weighted by atomic mass is 16.5. The molecule has 0 saturated carbocycles. The van der Waals surface area contributed by atoms with Crippen LogP contribution in [-0.2, 0) is 25.7 Å². The number of alkyl carbamates (subject to hydrolysis) is 1. The van der Waals surface area contributed by atoms with E-state index in [1.165, 1.54) is 0 Å². The lowest BCUT2D eigenvalue weighted by Gasteiger charge is -2.14. The van der Waals surface area contributed by atoms with Gasteiger partial charge in [-0.1, -0.05) is 30.3 Å². The Morgan fingerprint density at radius 1 is 1.22 bits per heavy atom. The van der Waals surface area contributed by atoms with Gasteiger partial charge >= 0.3 is 6.09 Å². The summed E-state index contributed by atoms with van der Waals surface area (Å²) < 4.78 is 5.08. The summed E-state index contributed by atoms with van der Waals surface area (Å²) >= 11 is 0. The van der Waals surface area contributed by atoms with Gasteiger partial charge in [0.15, 0.2) is 0 Å². The smallest absolute Gasteiger partial charge is 0.407 e. The van der Waals surface area contributed by atoms with Crippen LogP contribution in [0.25, 0.3) is 0 Å². The third-order valence-electron chi connectivity index (χ3n) is 4.05. The molecular formula is C18H24N4O5. The van der Waals surface area contributed by atoms with Crippen LogP contribution in [0.15, 0.2) is 30.3 Å². The molecule has 2 rings (SSSR count). The van der Waals surface area contributed by atoms with Crippen LogP contribution in [0, 0.1) is 0 Å². The maximum Gasteiger partial charge on any atom is 0.407 e. The van der Waals surface area contributed by atoms with Gasteiger partial charge in [0.2, 0.25) is 17.7 Å². The first-order valence-corrected chi connectivity index (χ1v) is 8.80. The summed E-state index contributed by atoms with van der Waals surface area (Å²) in [5.74, 6) is -1.40. The summed E-state index contributed by atoms with van der Waals surface area (Å²) in [6.07, 6.45) is 1.08. The fourth-order valence-electron chi connectivity index (χ4n) is 2.53. The number of hydrogen-bond acceptors (Lipinski definition) is 6. The highest BCUT2D eigenvalue weighted by Crippen LogP contribution is 2.04. The van der Waals surface area contributed by atoms with Gasteiger partial charge in [0.1, 0.15) is 12.6 Å². The molecule has 2 atom stereocenters. The molecule has 0 aromatic heterocycles. The monoisotopic (exact) mass is 376 g/mol. The lowest BCUT2D eigenvalue weighted by Crippen LogP contribution is -2.47. The topological polar surface area (TPSA) is 140 Å². The Morgan fingerprint density at radius 2 is 1.96 bits per heavy atom. The van der Waals surface area contributed by atoms with E-state index >= 15 is 0 Å². The number of hydrogen-bond donors (Lipinski definition) is 4. The zero-order valence-corrected chi connectivity index (χ0v) is 14.9. The molecule has 1 unspecified atom stereocenters. The van der Waals surface area contributed by atoms with Gasteiger partial charge < -0.3 is 21.1 Å². The van der Waals surface area contributed by atoms with Crippen molar-refractivity contribution in [2.24, 2.45) is 5.73 Å². The van der Waals surface area contributed by atoms with Crippen LogP contribution in [0.1, 0.15) is 31.2 Å². The molecule has 27 heavy (non-hydrogen) atoms. The highest BCUT2D eigenvalue weighted by molar-refractivity contribution is 6.07. The molecule has 0 radical (unpaired) electrons. The predicted octanol–water partition coefficient (Wildman–Crippen LogP) is -0.0583. The quantitative estimate of drug-likeness (QED) is 0.352. The van der Waals surface area contributed by atoms with Crippen molar-refractivity contribution in [2.75, 3.05) is 6.54 Å². The van der Waals surface area contributed by atoms with Crippen LogP contribution in [0.4, 0.5) is 4.79 Å². The van der Waals surface area contributed by atoms with Crippen molar-refractivity contribution in [3.63, 3.8) is 0 Å². The molecule has 1 aliphatic rings. The molecule has 1 fully saturated rings. The van der Waals surface area contributed by atoms with E-state index in [1.807, 2.05) is 30.3 Å². The number of unbranched alkanes of at least 4 members (excludes halogenated alkanes) is 1. The number of carbonyl (C=O) groups excluding carboxylic acids is 4. The number of ether oxygens (including phenoxy) is 1. The highest BCUT2D eigenvalue weighted by Gasteiger charge is 2.32. The second-order valence-electron chi connectivity index (χ2n) is 6.27. The average Bonchev–Trinajstić information content (AvgIpc) is 2.97. The first-order chi connectivity index (χ1) is 13.0. The van der Waals surface area contributed by atoms with Crippen molar-refractivity contribution in [3.05, 3.63) is 35.9 Å². The molecule has 1 aliphatic heterocycles. The van der Waals surface area contributed by atoms with E-state index in [2.05, 4.69) is 16.0 Å². The standard InChI is InChI=1S/C18H24N4O5/c19-13(16(24)21-14-10-15(23)22-17(14)25)8-4-5-9-20-18(26)27-11-12-6-2-1-3-7-12/h1-3,6-7,13-14H,4-5,8-11,19H2,(H,20,26)(H,21,24)(H,22,23,25)/t13-,14?/m1/s1. The molecule has 1 heterocycles. The minimum absolute atomic E-state index is 0.0632. The molecule has 146 valence electrons. The fourth-order valence-corrected chi connectivity index (χ4v) is 2.53. The van der Waals surface area contributed by atoms with Crippen LogP contribution in [-0.4, -0.2) is 42.4 Å². The third kappa shape index (κ3) is 7.06. The third-order valence-corrected chi connectivity index (χ3v) is 4.05. The van der Waals surface area contributed by atoms with Crippen molar-refractivity contribution in [1.29, 1.82) is 0 Å². The lowest BCUT2D eigenvalue weighted by atomic mass is 10.1. The lowest BCUT2D eigenvalue weighted by molar-refractivity contribution is -0.129. The summed E-state index contributed by atoms with van der Waals surface area (Å²) in [6, 6.07) is 7.72. The van der Waals surface area contributed by atoms with E-state index in [4.69, 9.17) is 10.5 Å². The maximum atomic E-state index is 11.9. The zero-order valence-electron chi connectivity index (χ0n) is 14.9. The van der Waals surface area contributed by atoms with Gasteiger partial charge in [-0.15, -0.1) is 0 Å². The van der Waals surface area contributed by atoms with Crippen molar-refractivity contribution >= 4 is 23.8 Å². The summed E-state index contributed by atoms with van der Waals surface area (Å²) in [5, 5.41) is 7.21. The molecule has 4 amide bonds. The van der Waals surface area contributed by atoms with Gasteiger partial charge in [-0.25, -0.2) is 4.79 Å². The molecule has 0 bridgehead atoms. The zero-order chi connectivity index (χ0) is 19.6. The van der Waals surface area contributed by atoms with Gasteiger partial charge in [-0.3, -0.25) is 19.7 Å². The Labute approximate surface area is 157 Å². The number of imide groups is 1. The first-order valence-electron chi connectivity index (χ1n) is 8.80. The Balaban J connectivity index is 1.54. The van der Waals surface area contributed by atoms with Crippen LogP contribution < -0.4 is 21.7 Å². The second-order valence-corrected chi connectivity index (χ2v) is 6.27. The number of rotatable bonds is 9. The van der Waals surface area contributed by atoms with Gasteiger partial charge in [0.25, 0.3) is 0 Å². The summed E-state index contributed by atoms with van der Waals surface area (Å²) in [7, 11) is 0. The number of nitrogens with one attached hydrogen (secondary N) is 3. The minimum atomic E-state index is -0.850. The van der Waals surface area contributed by atoms with Gasteiger partial charge in [0, 0.05) is 6.54 Å². The molecule has 0 aliphatic carbocycles. The normalized spacial score (nSPS) is 17.1. The molecular weight excluding hydrogens is 352 g/mol. The van der Waals surface area contributed by atoms with Crippen molar-refractivity contribution in [3.8, 4) is 0 Å². The number of nitrogens with two attached hydrogens (primary N) is 1. The Kier molecular flexibility index (Phi) is 7.75. The molecule has 1 aromatic carbocycles. The average molecular weight is 376 g/mol. The SMILES string of the molecule is N[C@H](CCCCNC(=O)OCc1ccccc1)C(=O)NC1CC(=O)NC1=O.